The van der Waals surface area contributed by atoms with Crippen LogP contribution in [0, 0.1) is 10.8 Å². The molecule has 0 amide bonds. The highest BCUT2D eigenvalue weighted by Gasteiger charge is 2.28. The van der Waals surface area contributed by atoms with E-state index in [4.69, 9.17) is 0 Å². The summed E-state index contributed by atoms with van der Waals surface area (Å²) in [5, 5.41) is 16.2. The van der Waals surface area contributed by atoms with Crippen molar-refractivity contribution in [2.24, 2.45) is 11.1 Å². The first kappa shape index (κ1) is 17.1. The molecule has 4 rings (SSSR count). The second-order valence-electron chi connectivity index (χ2n) is 6.19. The number of benzene rings is 1. The first-order chi connectivity index (χ1) is 12.2. The Kier molecular flexibility index (Phi) is 4.79. The van der Waals surface area contributed by atoms with Gasteiger partial charge < -0.3 is 10.3 Å². The van der Waals surface area contributed by atoms with E-state index in [9.17, 15) is 4.91 Å². The lowest BCUT2D eigenvalue weighted by atomic mass is 9.94. The van der Waals surface area contributed by atoms with Gasteiger partial charge in [0.05, 0.1) is 11.7 Å². The van der Waals surface area contributed by atoms with E-state index in [-0.39, 0.29) is 12.6 Å². The number of fused-ring (bicyclic) bond motifs is 2. The summed E-state index contributed by atoms with van der Waals surface area (Å²) >= 11 is 0. The molecular weight excluding hydrogens is 314 g/mol. The van der Waals surface area contributed by atoms with Gasteiger partial charge in [-0.05, 0) is 12.0 Å². The van der Waals surface area contributed by atoms with E-state index in [0.717, 1.165) is 33.4 Å². The summed E-state index contributed by atoms with van der Waals surface area (Å²) in [4.78, 5) is 14.1. The molecule has 0 saturated carbocycles. The third-order valence-corrected chi connectivity index (χ3v) is 4.42. The van der Waals surface area contributed by atoms with Crippen LogP contribution in [0.25, 0.3) is 22.2 Å². The van der Waals surface area contributed by atoms with Crippen LogP contribution in [0.3, 0.4) is 0 Å². The monoisotopic (exact) mass is 337 g/mol. The predicted octanol–water partition coefficient (Wildman–Crippen LogP) is 5.04. The van der Waals surface area contributed by atoms with E-state index in [0.29, 0.717) is 11.6 Å². The van der Waals surface area contributed by atoms with Gasteiger partial charge in [-0.3, -0.25) is 0 Å². The Morgan fingerprint density at radius 1 is 1.20 bits per heavy atom. The largest absolute Gasteiger partial charge is 0.377 e. The maximum Gasteiger partial charge on any atom is 0.160 e. The number of hydrogen-bond donors (Lipinski definition) is 2. The second kappa shape index (κ2) is 7.01. The highest BCUT2D eigenvalue weighted by atomic mass is 16.3. The second-order valence-corrected chi connectivity index (χ2v) is 6.19. The van der Waals surface area contributed by atoms with Crippen LogP contribution >= 0.6 is 0 Å². The standard InChI is InChI=1S/C17H17N5O.C2H6/c1-9(2)16-11-7-18-17-15(11)14(13(8-19-23)21-22-17)10-5-3-4-6-12(10)20-16;1-2/h3-7,9,16,20H,8H2,1-2H3,(H,18,22);1-2H3. The molecule has 1 aromatic carbocycles. The Morgan fingerprint density at radius 2 is 1.96 bits per heavy atom. The van der Waals surface area contributed by atoms with E-state index < -0.39 is 0 Å². The van der Waals surface area contributed by atoms with Gasteiger partial charge in [0.2, 0.25) is 0 Å². The Hall–Kier alpha value is -2.76. The summed E-state index contributed by atoms with van der Waals surface area (Å²) in [6.07, 6.45) is 1.99. The summed E-state index contributed by atoms with van der Waals surface area (Å²) in [6, 6.07) is 8.27. The Morgan fingerprint density at radius 3 is 2.68 bits per heavy atom. The van der Waals surface area contributed by atoms with E-state index in [2.05, 4.69) is 45.6 Å². The number of nitrogens with zero attached hydrogens (tertiary/aromatic N) is 3. The molecule has 6 nitrogen and oxygen atoms in total. The zero-order valence-electron chi connectivity index (χ0n) is 15.0. The van der Waals surface area contributed by atoms with Crippen molar-refractivity contribution in [1.82, 2.24) is 15.2 Å². The molecule has 2 aromatic heterocycles. The molecule has 1 unspecified atom stereocenters. The molecule has 0 aliphatic carbocycles. The average Bonchev–Trinajstić information content (AvgIpc) is 2.98. The van der Waals surface area contributed by atoms with Crippen LogP contribution in [0.2, 0.25) is 0 Å². The van der Waals surface area contributed by atoms with Crippen molar-refractivity contribution in [1.29, 1.82) is 0 Å². The lowest BCUT2D eigenvalue weighted by Crippen LogP contribution is -2.15. The lowest BCUT2D eigenvalue weighted by molar-refractivity contribution is 0.550. The molecule has 1 atom stereocenters. The summed E-state index contributed by atoms with van der Waals surface area (Å²) in [5.41, 5.74) is 5.56. The van der Waals surface area contributed by atoms with Crippen LogP contribution in [-0.2, 0) is 6.54 Å². The van der Waals surface area contributed by atoms with E-state index in [1.54, 1.807) is 0 Å². The number of para-hydroxylation sites is 1. The number of anilines is 1. The summed E-state index contributed by atoms with van der Waals surface area (Å²) in [5.74, 6) is 0.397. The highest BCUT2D eigenvalue weighted by molar-refractivity contribution is 6.01. The van der Waals surface area contributed by atoms with Crippen LogP contribution in [-0.4, -0.2) is 15.2 Å². The highest BCUT2D eigenvalue weighted by Crippen LogP contribution is 2.44. The molecule has 0 spiro atoms. The Bertz CT molecular complexity index is 900. The van der Waals surface area contributed by atoms with Gasteiger partial charge in [-0.25, -0.2) is 0 Å². The first-order valence-electron chi connectivity index (χ1n) is 8.72. The number of nitroso groups, excluding NO2 is 1. The van der Waals surface area contributed by atoms with Gasteiger partial charge in [-0.2, -0.15) is 10.0 Å². The fraction of sp³-hybridized carbons (Fsp3) is 0.368. The van der Waals surface area contributed by atoms with Gasteiger partial charge in [-0.15, -0.1) is 5.10 Å². The van der Waals surface area contributed by atoms with Crippen molar-refractivity contribution in [3.05, 3.63) is 46.6 Å². The molecule has 3 aromatic rings. The lowest BCUT2D eigenvalue weighted by Gasteiger charge is -2.22. The maximum atomic E-state index is 10.8. The summed E-state index contributed by atoms with van der Waals surface area (Å²) in [7, 11) is 0. The molecule has 1 aliphatic heterocycles. The summed E-state index contributed by atoms with van der Waals surface area (Å²) in [6.45, 7) is 8.39. The predicted molar refractivity (Wildman–Crippen MR) is 101 cm³/mol. The molecule has 130 valence electrons. The third kappa shape index (κ3) is 2.77. The number of hydrogen-bond acceptors (Lipinski definition) is 5. The molecule has 25 heavy (non-hydrogen) atoms. The zero-order chi connectivity index (χ0) is 18.0. The average molecular weight is 337 g/mol. The number of aromatic amines is 1. The maximum absolute atomic E-state index is 10.8. The van der Waals surface area contributed by atoms with Gasteiger partial charge in [0.15, 0.2) is 5.65 Å². The van der Waals surface area contributed by atoms with Crippen molar-refractivity contribution < 1.29 is 0 Å². The molecule has 0 radical (unpaired) electrons. The molecule has 1 aliphatic rings. The van der Waals surface area contributed by atoms with Crippen molar-refractivity contribution in [3.8, 4) is 11.1 Å². The summed E-state index contributed by atoms with van der Waals surface area (Å²) < 4.78 is 0. The van der Waals surface area contributed by atoms with Crippen LogP contribution in [0.5, 0.6) is 0 Å². The van der Waals surface area contributed by atoms with E-state index >= 15 is 0 Å². The number of aromatic nitrogens is 3. The molecule has 0 bridgehead atoms. The topological polar surface area (TPSA) is 83.0 Å². The van der Waals surface area contributed by atoms with E-state index in [1.807, 2.05) is 38.2 Å². The normalized spacial score (nSPS) is 15.0. The Balaban J connectivity index is 0.000000880. The van der Waals surface area contributed by atoms with Crippen LogP contribution in [0.1, 0.15) is 45.0 Å². The minimum Gasteiger partial charge on any atom is -0.377 e. The smallest absolute Gasteiger partial charge is 0.160 e. The van der Waals surface area contributed by atoms with Gasteiger partial charge in [0.25, 0.3) is 0 Å². The molecule has 2 N–H and O–H groups in total. The quantitative estimate of drug-likeness (QED) is 0.656. The zero-order valence-corrected chi connectivity index (χ0v) is 15.0. The van der Waals surface area contributed by atoms with Gasteiger partial charge >= 0.3 is 0 Å². The van der Waals surface area contributed by atoms with Gasteiger partial charge in [0.1, 0.15) is 6.54 Å². The van der Waals surface area contributed by atoms with Gasteiger partial charge in [0, 0.05) is 34.0 Å². The minimum atomic E-state index is 0.0174. The van der Waals surface area contributed by atoms with Crippen LogP contribution in [0.4, 0.5) is 5.69 Å². The fourth-order valence-corrected chi connectivity index (χ4v) is 3.38. The number of H-pyrrole nitrogens is 1. The van der Waals surface area contributed by atoms with Crippen molar-refractivity contribution >= 4 is 16.7 Å². The Labute approximate surface area is 147 Å². The van der Waals surface area contributed by atoms with Crippen LogP contribution < -0.4 is 5.32 Å². The molecular formula is C19H23N5O. The molecule has 0 saturated heterocycles. The third-order valence-electron chi connectivity index (χ3n) is 4.42. The minimum absolute atomic E-state index is 0.0174. The number of rotatable bonds is 3. The fourth-order valence-electron chi connectivity index (χ4n) is 3.38. The molecule has 6 heteroatoms. The molecule has 3 heterocycles. The van der Waals surface area contributed by atoms with Crippen molar-refractivity contribution in [2.75, 3.05) is 5.32 Å². The number of nitrogens with one attached hydrogen (secondary N) is 2. The first-order valence-corrected chi connectivity index (χ1v) is 8.72. The van der Waals surface area contributed by atoms with Crippen LogP contribution in [0.15, 0.2) is 35.6 Å². The molecule has 0 fully saturated rings. The van der Waals surface area contributed by atoms with Crippen molar-refractivity contribution in [3.63, 3.8) is 0 Å². The van der Waals surface area contributed by atoms with Crippen molar-refractivity contribution in [2.45, 2.75) is 40.3 Å². The SMILES string of the molecule is CC.CC(C)C1Nc2ccccc2-c2c(CN=O)nnc3[nH]cc1c23. The van der Waals surface area contributed by atoms with E-state index in [1.165, 1.54) is 0 Å². The van der Waals surface area contributed by atoms with Gasteiger partial charge in [-0.1, -0.05) is 51.1 Å².